The Morgan fingerprint density at radius 2 is 1.83 bits per heavy atom. The van der Waals surface area contributed by atoms with Gasteiger partial charge in [0, 0.05) is 10.0 Å². The molecule has 0 bridgehead atoms. The first-order valence-corrected chi connectivity index (χ1v) is 10.3. The number of aliphatic imine (C=N–C) groups is 1. The van der Waals surface area contributed by atoms with Crippen LogP contribution >= 0.6 is 15.9 Å². The third-order valence-electron chi connectivity index (χ3n) is 5.13. The smallest absolute Gasteiger partial charge is 0.275 e. The summed E-state index contributed by atoms with van der Waals surface area (Å²) < 4.78 is 6.94. The third kappa shape index (κ3) is 3.83. The van der Waals surface area contributed by atoms with Gasteiger partial charge in [-0.15, -0.1) is 0 Å². The maximum Gasteiger partial charge on any atom is 0.275 e. The van der Waals surface area contributed by atoms with E-state index in [-0.39, 0.29) is 5.91 Å². The van der Waals surface area contributed by atoms with Crippen molar-refractivity contribution in [2.75, 3.05) is 5.32 Å². The average molecular weight is 449 g/mol. The van der Waals surface area contributed by atoms with E-state index in [1.54, 1.807) is 0 Å². The number of ether oxygens (including phenoxy) is 1. The molecule has 0 radical (unpaired) electrons. The lowest BCUT2D eigenvalue weighted by atomic mass is 10.0. The van der Waals surface area contributed by atoms with Crippen molar-refractivity contribution < 1.29 is 9.53 Å². The SMILES string of the molecule is CCc1cc(Br)cc2c1NC(=O)C2=Nc1ccc(Oc2cccc(C)c2C)cc1. The van der Waals surface area contributed by atoms with Gasteiger partial charge in [0.15, 0.2) is 0 Å². The number of carbonyl (C=O) groups excluding carboxylic acids is 1. The molecule has 4 nitrogen and oxygen atoms in total. The van der Waals surface area contributed by atoms with Crippen molar-refractivity contribution in [2.45, 2.75) is 27.2 Å². The van der Waals surface area contributed by atoms with Crippen LogP contribution in [-0.4, -0.2) is 11.6 Å². The molecule has 1 amide bonds. The fraction of sp³-hybridized carbons (Fsp3) is 0.167. The molecule has 1 heterocycles. The molecule has 1 aliphatic rings. The average Bonchev–Trinajstić information content (AvgIpc) is 3.01. The molecular formula is C24H21BrN2O2. The van der Waals surface area contributed by atoms with Crippen LogP contribution in [0.5, 0.6) is 11.5 Å². The fourth-order valence-electron chi connectivity index (χ4n) is 3.36. The molecule has 5 heteroatoms. The zero-order valence-corrected chi connectivity index (χ0v) is 18.1. The van der Waals surface area contributed by atoms with E-state index in [0.717, 1.165) is 44.8 Å². The van der Waals surface area contributed by atoms with Crippen molar-refractivity contribution in [3.63, 3.8) is 0 Å². The minimum atomic E-state index is -0.177. The van der Waals surface area contributed by atoms with Crippen LogP contribution in [0.2, 0.25) is 0 Å². The Morgan fingerprint density at radius 3 is 2.55 bits per heavy atom. The van der Waals surface area contributed by atoms with Crippen LogP contribution in [0.3, 0.4) is 0 Å². The quantitative estimate of drug-likeness (QED) is 0.495. The van der Waals surface area contributed by atoms with Crippen LogP contribution in [0.1, 0.15) is 29.2 Å². The van der Waals surface area contributed by atoms with E-state index >= 15 is 0 Å². The topological polar surface area (TPSA) is 50.7 Å². The molecule has 0 aromatic heterocycles. The van der Waals surface area contributed by atoms with Crippen LogP contribution < -0.4 is 10.1 Å². The van der Waals surface area contributed by atoms with Crippen LogP contribution in [-0.2, 0) is 11.2 Å². The number of benzene rings is 3. The number of nitrogens with zero attached hydrogens (tertiary/aromatic N) is 1. The number of nitrogens with one attached hydrogen (secondary N) is 1. The zero-order chi connectivity index (χ0) is 20.5. The molecule has 0 saturated heterocycles. The lowest BCUT2D eigenvalue weighted by molar-refractivity contribution is -0.110. The van der Waals surface area contributed by atoms with Gasteiger partial charge in [-0.3, -0.25) is 4.79 Å². The Bertz CT molecular complexity index is 1130. The van der Waals surface area contributed by atoms with E-state index in [9.17, 15) is 4.79 Å². The van der Waals surface area contributed by atoms with Gasteiger partial charge in [-0.1, -0.05) is 35.0 Å². The maximum absolute atomic E-state index is 12.5. The number of rotatable bonds is 4. The molecule has 0 unspecified atom stereocenters. The minimum Gasteiger partial charge on any atom is -0.457 e. The van der Waals surface area contributed by atoms with Gasteiger partial charge in [0.05, 0.1) is 11.4 Å². The first-order chi connectivity index (χ1) is 14.0. The van der Waals surface area contributed by atoms with Gasteiger partial charge in [0.25, 0.3) is 5.91 Å². The standard InChI is InChI=1S/C24H21BrN2O2/c1-4-16-12-17(25)13-20-22(16)27-24(28)23(20)26-18-8-10-19(11-9-18)29-21-7-5-6-14(2)15(21)3/h5-13H,4H2,1-3H3,(H,26,27,28). The molecule has 1 aliphatic heterocycles. The second-order valence-corrected chi connectivity index (χ2v) is 7.97. The van der Waals surface area contributed by atoms with E-state index in [1.165, 1.54) is 5.56 Å². The summed E-state index contributed by atoms with van der Waals surface area (Å²) >= 11 is 3.53. The normalized spacial score (nSPS) is 14.1. The van der Waals surface area contributed by atoms with Gasteiger partial charge in [-0.25, -0.2) is 4.99 Å². The number of anilines is 1. The number of halogens is 1. The van der Waals surface area contributed by atoms with Crippen LogP contribution in [0.15, 0.2) is 64.1 Å². The van der Waals surface area contributed by atoms with E-state index in [0.29, 0.717) is 11.4 Å². The summed E-state index contributed by atoms with van der Waals surface area (Å²) in [6.07, 6.45) is 0.833. The van der Waals surface area contributed by atoms with E-state index in [1.807, 2.05) is 55.5 Å². The van der Waals surface area contributed by atoms with Crippen molar-refractivity contribution in [1.82, 2.24) is 0 Å². The Balaban J connectivity index is 1.63. The van der Waals surface area contributed by atoms with Gasteiger partial charge in [-0.2, -0.15) is 0 Å². The van der Waals surface area contributed by atoms with Crippen molar-refractivity contribution >= 4 is 38.9 Å². The fourth-order valence-corrected chi connectivity index (χ4v) is 3.87. The Morgan fingerprint density at radius 1 is 1.07 bits per heavy atom. The molecular weight excluding hydrogens is 428 g/mol. The molecule has 0 aliphatic carbocycles. The van der Waals surface area contributed by atoms with Gasteiger partial charge < -0.3 is 10.1 Å². The number of hydrogen-bond acceptors (Lipinski definition) is 3. The first-order valence-electron chi connectivity index (χ1n) is 9.53. The molecule has 146 valence electrons. The molecule has 0 saturated carbocycles. The summed E-state index contributed by atoms with van der Waals surface area (Å²) in [7, 11) is 0. The van der Waals surface area contributed by atoms with Gasteiger partial charge in [-0.05, 0) is 79.4 Å². The molecule has 0 atom stereocenters. The minimum absolute atomic E-state index is 0.177. The zero-order valence-electron chi connectivity index (χ0n) is 16.5. The summed E-state index contributed by atoms with van der Waals surface area (Å²) in [4.78, 5) is 17.1. The third-order valence-corrected chi connectivity index (χ3v) is 5.59. The number of carbonyl (C=O) groups is 1. The Labute approximate surface area is 178 Å². The van der Waals surface area contributed by atoms with Gasteiger partial charge >= 0.3 is 0 Å². The highest BCUT2D eigenvalue weighted by Gasteiger charge is 2.28. The lowest BCUT2D eigenvalue weighted by Crippen LogP contribution is -2.14. The van der Waals surface area contributed by atoms with Crippen LogP contribution in [0, 0.1) is 13.8 Å². The summed E-state index contributed by atoms with van der Waals surface area (Å²) in [5.41, 5.74) is 6.22. The predicted molar refractivity (Wildman–Crippen MR) is 121 cm³/mol. The van der Waals surface area contributed by atoms with Crippen molar-refractivity contribution in [1.29, 1.82) is 0 Å². The summed E-state index contributed by atoms with van der Waals surface area (Å²) in [5.74, 6) is 1.39. The predicted octanol–water partition coefficient (Wildman–Crippen LogP) is 6.49. The number of aryl methyl sites for hydroxylation is 2. The summed E-state index contributed by atoms with van der Waals surface area (Å²) in [5, 5.41) is 2.95. The summed E-state index contributed by atoms with van der Waals surface area (Å²) in [6.45, 7) is 6.18. The second kappa shape index (κ2) is 7.84. The van der Waals surface area contributed by atoms with E-state index in [2.05, 4.69) is 46.2 Å². The lowest BCUT2D eigenvalue weighted by Gasteiger charge is -2.10. The van der Waals surface area contributed by atoms with Crippen molar-refractivity contribution in [3.05, 3.63) is 81.3 Å². The number of amides is 1. The molecule has 3 aromatic carbocycles. The van der Waals surface area contributed by atoms with Crippen LogP contribution in [0.4, 0.5) is 11.4 Å². The molecule has 29 heavy (non-hydrogen) atoms. The molecule has 4 rings (SSSR count). The van der Waals surface area contributed by atoms with Gasteiger partial charge in [0.1, 0.15) is 17.2 Å². The van der Waals surface area contributed by atoms with Gasteiger partial charge in [0.2, 0.25) is 0 Å². The largest absolute Gasteiger partial charge is 0.457 e. The molecule has 0 fully saturated rings. The monoisotopic (exact) mass is 448 g/mol. The molecule has 1 N–H and O–H groups in total. The van der Waals surface area contributed by atoms with Crippen molar-refractivity contribution in [2.24, 2.45) is 4.99 Å². The highest BCUT2D eigenvalue weighted by molar-refractivity contribution is 9.10. The number of fused-ring (bicyclic) bond motifs is 1. The Hall–Kier alpha value is -2.92. The van der Waals surface area contributed by atoms with Crippen LogP contribution in [0.25, 0.3) is 0 Å². The van der Waals surface area contributed by atoms with Crippen molar-refractivity contribution in [3.8, 4) is 11.5 Å². The first kappa shape index (κ1) is 19.4. The van der Waals surface area contributed by atoms with E-state index < -0.39 is 0 Å². The number of hydrogen-bond donors (Lipinski definition) is 1. The second-order valence-electron chi connectivity index (χ2n) is 7.05. The highest BCUT2D eigenvalue weighted by atomic mass is 79.9. The maximum atomic E-state index is 12.5. The molecule has 0 spiro atoms. The Kier molecular flexibility index (Phi) is 5.24. The highest BCUT2D eigenvalue weighted by Crippen LogP contribution is 2.33. The molecule has 3 aromatic rings. The summed E-state index contributed by atoms with van der Waals surface area (Å²) in [6, 6.07) is 17.4. The van der Waals surface area contributed by atoms with E-state index in [4.69, 9.17) is 4.74 Å².